The Balaban J connectivity index is 0.000000192. The first-order valence-corrected chi connectivity index (χ1v) is 19.6. The third kappa shape index (κ3) is 9.32. The number of aromatic amines is 1. The molecule has 0 atom stereocenters. The zero-order valence-corrected chi connectivity index (χ0v) is 35.0. The number of alkyl halides is 6. The molecule has 1 N–H and O–H groups in total. The van der Waals surface area contributed by atoms with E-state index in [9.17, 15) is 45.5 Å². The number of fused-ring (bicyclic) bond motifs is 2. The largest absolute Gasteiger partial charge is 0.425 e. The van der Waals surface area contributed by atoms with E-state index in [4.69, 9.17) is 32.7 Å². The smallest absolute Gasteiger partial charge is 0.416 e. The van der Waals surface area contributed by atoms with Gasteiger partial charge in [0.1, 0.15) is 11.5 Å². The van der Waals surface area contributed by atoms with Gasteiger partial charge in [0.2, 0.25) is 0 Å². The van der Waals surface area contributed by atoms with Gasteiger partial charge in [0.15, 0.2) is 22.3 Å². The maximum absolute atomic E-state index is 13.1. The summed E-state index contributed by atoms with van der Waals surface area (Å²) < 4.78 is 96.1. The summed E-state index contributed by atoms with van der Waals surface area (Å²) in [6.45, 7) is 2.01. The number of halogens is 8. The van der Waals surface area contributed by atoms with E-state index in [1.807, 2.05) is 0 Å². The van der Waals surface area contributed by atoms with Crippen molar-refractivity contribution in [2.45, 2.75) is 38.9 Å². The normalized spacial score (nSPS) is 11.8. The van der Waals surface area contributed by atoms with Crippen LogP contribution in [0, 0.1) is 0 Å². The summed E-state index contributed by atoms with van der Waals surface area (Å²) in [4.78, 5) is 60.8. The van der Waals surface area contributed by atoms with Crippen LogP contribution in [0.4, 0.5) is 26.3 Å². The van der Waals surface area contributed by atoms with Gasteiger partial charge in [0.25, 0.3) is 11.1 Å². The standard InChI is InChI=1S/C22H18ClF3N4O3.C20H14ClF3N4O3/c1-3-29-19(31)17-18(28(2)21(29)32)27-20(30(17)12-13-7-9-15(23)10-8-13)33-16-6-4-5-14(11-16)22(24,25)26;1-27-16-15(17(29)26-18(27)30)28(10-11-5-7-13(21)8-6-11)19(25-16)31-14-4-2-3-12(9-14)20(22,23)24/h4-11H,3,12H2,1-2H3;2-9H,10H2,1H3,(H,26,29,30). The van der Waals surface area contributed by atoms with Gasteiger partial charge in [-0.2, -0.15) is 36.3 Å². The van der Waals surface area contributed by atoms with Gasteiger partial charge in [0, 0.05) is 30.7 Å². The van der Waals surface area contributed by atoms with Crippen molar-refractivity contribution >= 4 is 45.5 Å². The second-order valence-corrected chi connectivity index (χ2v) is 14.9. The molecule has 0 fully saturated rings. The highest BCUT2D eigenvalue weighted by Crippen LogP contribution is 2.35. The first-order valence-electron chi connectivity index (χ1n) is 18.8. The second kappa shape index (κ2) is 17.6. The van der Waals surface area contributed by atoms with E-state index in [1.165, 1.54) is 52.1 Å². The summed E-state index contributed by atoms with van der Waals surface area (Å²) in [6, 6.07) is 21.9. The van der Waals surface area contributed by atoms with Gasteiger partial charge in [-0.05, 0) is 78.7 Å². The SMILES string of the molecule is CCn1c(=O)c2c(nc(Oc3cccc(C(F)(F)F)c3)n2Cc2ccc(Cl)cc2)n(C)c1=O.Cn1c(=O)[nH]c(=O)c2c1nc(Oc1cccc(C(F)(F)F)c1)n2Cc1ccc(Cl)cc1. The molecule has 0 saturated heterocycles. The Morgan fingerprint density at radius 3 is 1.48 bits per heavy atom. The predicted octanol–water partition coefficient (Wildman–Crippen LogP) is 8.37. The van der Waals surface area contributed by atoms with Gasteiger partial charge in [-0.15, -0.1) is 0 Å². The number of aromatic nitrogens is 8. The molecule has 0 saturated carbocycles. The van der Waals surface area contributed by atoms with Gasteiger partial charge in [-0.25, -0.2) is 9.59 Å². The molecule has 0 amide bonds. The average molecular weight is 930 g/mol. The maximum Gasteiger partial charge on any atom is 0.416 e. The van der Waals surface area contributed by atoms with Crippen molar-refractivity contribution in [3.8, 4) is 23.5 Å². The Labute approximate surface area is 365 Å². The van der Waals surface area contributed by atoms with Gasteiger partial charge in [-0.1, -0.05) is 59.6 Å². The van der Waals surface area contributed by atoms with Crippen LogP contribution in [0.5, 0.6) is 23.5 Å². The highest BCUT2D eigenvalue weighted by molar-refractivity contribution is 6.30. The maximum atomic E-state index is 13.1. The molecule has 0 spiro atoms. The molecule has 4 aromatic heterocycles. The first-order chi connectivity index (χ1) is 30.2. The van der Waals surface area contributed by atoms with E-state index < -0.39 is 46.0 Å². The zero-order chi connectivity index (χ0) is 46.2. The van der Waals surface area contributed by atoms with Crippen molar-refractivity contribution in [2.24, 2.45) is 14.1 Å². The number of hydrogen-bond donors (Lipinski definition) is 1. The summed E-state index contributed by atoms with van der Waals surface area (Å²) in [7, 11) is 2.87. The zero-order valence-electron chi connectivity index (χ0n) is 33.5. The third-order valence-corrected chi connectivity index (χ3v) is 10.2. The monoisotopic (exact) mass is 928 g/mol. The van der Waals surface area contributed by atoms with E-state index in [0.29, 0.717) is 10.0 Å². The summed E-state index contributed by atoms with van der Waals surface area (Å²) in [5.41, 5.74) is -2.60. The molecule has 64 heavy (non-hydrogen) atoms. The van der Waals surface area contributed by atoms with Crippen molar-refractivity contribution in [2.75, 3.05) is 0 Å². The molecule has 4 heterocycles. The molecule has 0 aliphatic carbocycles. The fourth-order valence-corrected chi connectivity index (χ4v) is 6.77. The molecule has 0 aliphatic rings. The van der Waals surface area contributed by atoms with Crippen LogP contribution in [-0.4, -0.2) is 37.8 Å². The van der Waals surface area contributed by atoms with Crippen LogP contribution in [0.2, 0.25) is 10.0 Å². The summed E-state index contributed by atoms with van der Waals surface area (Å²) in [5, 5.41) is 1.03. The van der Waals surface area contributed by atoms with E-state index in [-0.39, 0.29) is 65.5 Å². The Bertz CT molecular complexity index is 3280. The number of aryl methyl sites for hydroxylation is 2. The van der Waals surface area contributed by atoms with Crippen LogP contribution in [-0.2, 0) is 46.1 Å². The summed E-state index contributed by atoms with van der Waals surface area (Å²) in [5.74, 6) is -0.234. The molecular weight excluding hydrogens is 897 g/mol. The van der Waals surface area contributed by atoms with Crippen molar-refractivity contribution < 1.29 is 35.8 Å². The quantitative estimate of drug-likeness (QED) is 0.142. The fourth-order valence-electron chi connectivity index (χ4n) is 6.52. The summed E-state index contributed by atoms with van der Waals surface area (Å²) >= 11 is 11.9. The van der Waals surface area contributed by atoms with E-state index in [1.54, 1.807) is 55.5 Å². The number of imidazole rings is 2. The number of H-pyrrole nitrogens is 1. The highest BCUT2D eigenvalue weighted by atomic mass is 35.5. The Hall–Kier alpha value is -7.06. The number of ether oxygens (including phenoxy) is 2. The van der Waals surface area contributed by atoms with E-state index >= 15 is 0 Å². The van der Waals surface area contributed by atoms with Gasteiger partial charge in [0.05, 0.1) is 24.2 Å². The predicted molar refractivity (Wildman–Crippen MR) is 225 cm³/mol. The van der Waals surface area contributed by atoms with E-state index in [2.05, 4.69) is 15.0 Å². The topological polar surface area (TPSA) is 153 Å². The van der Waals surface area contributed by atoms with E-state index in [0.717, 1.165) is 44.5 Å². The Morgan fingerprint density at radius 1 is 0.609 bits per heavy atom. The minimum Gasteiger partial charge on any atom is -0.425 e. The molecule has 8 aromatic rings. The molecule has 0 bridgehead atoms. The molecule has 332 valence electrons. The summed E-state index contributed by atoms with van der Waals surface area (Å²) in [6.07, 6.45) is -9.11. The van der Waals surface area contributed by atoms with Gasteiger partial charge in [-0.3, -0.25) is 37.4 Å². The third-order valence-electron chi connectivity index (χ3n) is 9.73. The molecule has 8 rings (SSSR count). The van der Waals surface area contributed by atoms with Crippen LogP contribution in [0.3, 0.4) is 0 Å². The lowest BCUT2D eigenvalue weighted by Gasteiger charge is -2.12. The van der Waals surface area contributed by atoms with Crippen LogP contribution >= 0.6 is 23.2 Å². The second-order valence-electron chi connectivity index (χ2n) is 14.0. The molecule has 14 nitrogen and oxygen atoms in total. The fraction of sp³-hybridized carbons (Fsp3) is 0.190. The van der Waals surface area contributed by atoms with Crippen LogP contribution < -0.4 is 32.0 Å². The molecular formula is C42H32Cl2F6N8O6. The Kier molecular flexibility index (Phi) is 12.4. The van der Waals surface area contributed by atoms with Crippen LogP contribution in [0.15, 0.2) is 116 Å². The molecule has 0 radical (unpaired) electrons. The molecule has 22 heteroatoms. The molecule has 0 unspecified atom stereocenters. The highest BCUT2D eigenvalue weighted by Gasteiger charge is 2.32. The number of nitrogens with one attached hydrogen (secondary N) is 1. The first kappa shape index (κ1) is 45.0. The molecule has 0 aliphatic heterocycles. The lowest BCUT2D eigenvalue weighted by Crippen LogP contribution is -2.39. The lowest BCUT2D eigenvalue weighted by molar-refractivity contribution is -0.138. The average Bonchev–Trinajstić information content (AvgIpc) is 3.78. The number of rotatable bonds is 9. The van der Waals surface area contributed by atoms with Gasteiger partial charge >= 0.3 is 35.8 Å². The minimum atomic E-state index is -4.55. The Morgan fingerprint density at radius 2 is 1.05 bits per heavy atom. The molecule has 4 aromatic carbocycles. The van der Waals surface area contributed by atoms with Gasteiger partial charge < -0.3 is 9.47 Å². The number of benzene rings is 4. The number of hydrogen-bond acceptors (Lipinski definition) is 8. The lowest BCUT2D eigenvalue weighted by atomic mass is 10.2. The van der Waals surface area contributed by atoms with Crippen molar-refractivity contribution in [1.82, 2.24) is 37.8 Å². The van der Waals surface area contributed by atoms with Crippen molar-refractivity contribution in [3.05, 3.63) is 171 Å². The van der Waals surface area contributed by atoms with Crippen LogP contribution in [0.25, 0.3) is 22.3 Å². The van der Waals surface area contributed by atoms with Crippen molar-refractivity contribution in [1.29, 1.82) is 0 Å². The minimum absolute atomic E-state index is 0.0321. The van der Waals surface area contributed by atoms with Crippen LogP contribution in [0.1, 0.15) is 29.2 Å². The number of nitrogens with zero attached hydrogens (tertiary/aromatic N) is 7. The van der Waals surface area contributed by atoms with Crippen molar-refractivity contribution in [3.63, 3.8) is 0 Å².